The van der Waals surface area contributed by atoms with Crippen LogP contribution in [0.2, 0.25) is 0 Å². The first-order valence-electron chi connectivity index (χ1n) is 19.2. The molecule has 0 aliphatic carbocycles. The molecule has 0 aromatic carbocycles. The van der Waals surface area contributed by atoms with Crippen molar-refractivity contribution in [1.82, 2.24) is 0 Å². The molecule has 0 atom stereocenters. The quantitative estimate of drug-likeness (QED) is 0.0926. The van der Waals surface area contributed by atoms with E-state index in [4.69, 9.17) is 20.4 Å². The zero-order valence-electron chi connectivity index (χ0n) is 40.0. The Morgan fingerprint density at radius 1 is 0.246 bits per heavy atom. The summed E-state index contributed by atoms with van der Waals surface area (Å²) in [6.45, 7) is 31.0. The average Bonchev–Trinajstić information content (AvgIpc) is 3.03. The van der Waals surface area contributed by atoms with Crippen molar-refractivity contribution < 1.29 is 104 Å². The molecule has 0 spiro atoms. The monoisotopic (exact) mass is 1040 g/mol. The second kappa shape index (κ2) is 24.1. The zero-order chi connectivity index (χ0) is 49.8. The fourth-order valence-corrected chi connectivity index (χ4v) is 3.00. The van der Waals surface area contributed by atoms with Crippen LogP contribution < -0.4 is 0 Å². The Labute approximate surface area is 379 Å². The van der Waals surface area contributed by atoms with Crippen molar-refractivity contribution >= 4 is 70.1 Å². The molecule has 4 N–H and O–H groups in total. The van der Waals surface area contributed by atoms with Gasteiger partial charge in [0.15, 0.2) is 23.1 Å². The predicted octanol–water partition coefficient (Wildman–Crippen LogP) is 6.68. The van der Waals surface area contributed by atoms with Crippen molar-refractivity contribution in [3.8, 4) is 0 Å². The van der Waals surface area contributed by atoms with Gasteiger partial charge in [0.25, 0.3) is 0 Å². The summed E-state index contributed by atoms with van der Waals surface area (Å²) < 4.78 is 0. The molecule has 0 radical (unpaired) electrons. The molecule has 17 heteroatoms. The predicted molar refractivity (Wildman–Crippen MR) is 222 cm³/mol. The van der Waals surface area contributed by atoms with E-state index in [1.165, 1.54) is 55.4 Å². The van der Waals surface area contributed by atoms with Gasteiger partial charge in [-0.1, -0.05) is 83.1 Å². The minimum Gasteiger partial charge on any atom is -0.481 e. The van der Waals surface area contributed by atoms with Crippen LogP contribution in [0.4, 0.5) is 0 Å². The number of carboxylic acids is 4. The fourth-order valence-electron chi connectivity index (χ4n) is 3.00. The molecular weight excluding hydrogens is 963 g/mol. The second-order valence-electron chi connectivity index (χ2n) is 20.8. The van der Waals surface area contributed by atoms with Gasteiger partial charge in [0.2, 0.25) is 0 Å². The van der Waals surface area contributed by atoms with Gasteiger partial charge in [-0.05, 0) is 55.4 Å². The van der Waals surface area contributed by atoms with Crippen LogP contribution in [0.5, 0.6) is 0 Å². The van der Waals surface area contributed by atoms with Crippen molar-refractivity contribution in [3.05, 3.63) is 0 Å². The van der Waals surface area contributed by atoms with Gasteiger partial charge < -0.3 is 20.4 Å². The summed E-state index contributed by atoms with van der Waals surface area (Å²) in [6.07, 6.45) is -1.27. The number of carbonyl (C=O) groups excluding carboxylic acids is 8. The Morgan fingerprint density at radius 2 is 0.344 bits per heavy atom. The van der Waals surface area contributed by atoms with Crippen molar-refractivity contribution in [3.63, 3.8) is 0 Å². The minimum atomic E-state index is -1.49. The number of hydrogen-bond acceptors (Lipinski definition) is 12. The number of aliphatic carboxylic acids is 4. The van der Waals surface area contributed by atoms with Gasteiger partial charge in [0, 0.05) is 47.5 Å². The summed E-state index contributed by atoms with van der Waals surface area (Å²) in [5.41, 5.74) is -8.37. The molecule has 0 rings (SSSR count). The van der Waals surface area contributed by atoms with Gasteiger partial charge in [-0.15, -0.1) is 0 Å². The van der Waals surface area contributed by atoms with Crippen LogP contribution in [-0.2, 0) is 83.4 Å². The van der Waals surface area contributed by atoms with Crippen molar-refractivity contribution in [2.45, 2.75) is 164 Å². The minimum absolute atomic E-state index is 0. The van der Waals surface area contributed by atoms with E-state index in [-0.39, 0.29) is 74.7 Å². The summed E-state index contributed by atoms with van der Waals surface area (Å²) in [5, 5.41) is 35.2. The molecule has 16 nitrogen and oxygen atoms in total. The van der Waals surface area contributed by atoms with Crippen LogP contribution in [-0.4, -0.2) is 90.6 Å². The molecule has 0 aliphatic heterocycles. The maximum atomic E-state index is 11.6. The van der Waals surface area contributed by atoms with E-state index in [2.05, 4.69) is 0 Å². The Bertz CT molecular complexity index is 1430. The molecule has 0 heterocycles. The van der Waals surface area contributed by atoms with E-state index in [0.717, 1.165) is 0 Å². The second-order valence-corrected chi connectivity index (χ2v) is 20.8. The van der Waals surface area contributed by atoms with Crippen LogP contribution in [0.3, 0.4) is 0 Å². The number of carbonyl (C=O) groups is 12. The van der Waals surface area contributed by atoms with Crippen LogP contribution in [0.15, 0.2) is 0 Å². The summed E-state index contributed by atoms with van der Waals surface area (Å²) >= 11 is 0. The summed E-state index contributed by atoms with van der Waals surface area (Å²) in [5.74, 6) is -7.92. The maximum Gasteiger partial charge on any atom is 0.316 e. The first-order valence-corrected chi connectivity index (χ1v) is 19.2. The molecule has 0 unspecified atom stereocenters. The topological polar surface area (TPSA) is 286 Å². The summed E-state index contributed by atoms with van der Waals surface area (Å²) in [4.78, 5) is 135. The van der Waals surface area contributed by atoms with E-state index in [9.17, 15) is 57.5 Å². The van der Waals surface area contributed by atoms with Gasteiger partial charge in [-0.2, -0.15) is 0 Å². The van der Waals surface area contributed by atoms with Crippen molar-refractivity contribution in [2.75, 3.05) is 0 Å². The Hall–Kier alpha value is -3.89. The van der Waals surface area contributed by atoms with Crippen molar-refractivity contribution in [2.24, 2.45) is 43.3 Å². The normalized spacial score (nSPS) is 12.1. The molecular formula is C44H72HfO16. The molecule has 0 bridgehead atoms. The Morgan fingerprint density at radius 3 is 0.410 bits per heavy atom. The molecule has 61 heavy (non-hydrogen) atoms. The number of carboxylic acid groups (broad SMARTS) is 4. The van der Waals surface area contributed by atoms with E-state index in [0.29, 0.717) is 0 Å². The Kier molecular flexibility index (Phi) is 26.1. The molecule has 0 amide bonds. The number of hydrogen-bond donors (Lipinski definition) is 4. The number of ketones is 8. The van der Waals surface area contributed by atoms with Gasteiger partial charge >= 0.3 is 23.9 Å². The van der Waals surface area contributed by atoms with Crippen LogP contribution in [0, 0.1) is 43.3 Å². The number of rotatable bonds is 16. The summed E-state index contributed by atoms with van der Waals surface area (Å²) in [7, 11) is 0. The van der Waals surface area contributed by atoms with E-state index in [1.54, 1.807) is 83.1 Å². The van der Waals surface area contributed by atoms with E-state index >= 15 is 0 Å². The molecule has 0 aromatic heterocycles. The first kappa shape index (κ1) is 66.2. The maximum absolute atomic E-state index is 11.6. The molecule has 0 saturated carbocycles. The number of Topliss-reactive ketones (excluding diaryl/α,β-unsaturated/α-hetero) is 8. The SMILES string of the molecule is CC(C)(C)C(=O)CC(=O)C(C)(C)C(=O)O.CC(C)(C)C(=O)CC(=O)C(C)(C)C(=O)O.CC(C)(C)C(=O)CC(=O)C(C)(C)C(=O)O.CC(C)(C)C(=O)CC(=O)C(C)(C)C(=O)O.[Hf]. The third-order valence-corrected chi connectivity index (χ3v) is 9.56. The van der Waals surface area contributed by atoms with Gasteiger partial charge in [-0.25, -0.2) is 0 Å². The fraction of sp³-hybridized carbons (Fsp3) is 0.727. The average molecular weight is 1040 g/mol. The standard InChI is InChI=1S/4C11H18O4.Hf/c4*1-10(2,3)7(12)6-8(13)11(4,5)9(14)15;/h4*6H2,1-5H3,(H,14,15);. The molecule has 0 aliphatic rings. The largest absolute Gasteiger partial charge is 0.481 e. The van der Waals surface area contributed by atoms with Crippen molar-refractivity contribution in [1.29, 1.82) is 0 Å². The molecule has 0 aromatic rings. The van der Waals surface area contributed by atoms with Crippen LogP contribution >= 0.6 is 0 Å². The van der Waals surface area contributed by atoms with Crippen LogP contribution in [0.1, 0.15) is 164 Å². The molecule has 348 valence electrons. The third-order valence-electron chi connectivity index (χ3n) is 9.56. The first-order chi connectivity index (χ1) is 26.0. The zero-order valence-corrected chi connectivity index (χ0v) is 43.6. The molecule has 0 fully saturated rings. The summed E-state index contributed by atoms with van der Waals surface area (Å²) in [6, 6.07) is 0. The van der Waals surface area contributed by atoms with Crippen LogP contribution in [0.25, 0.3) is 0 Å². The van der Waals surface area contributed by atoms with E-state index in [1.807, 2.05) is 0 Å². The van der Waals surface area contributed by atoms with Gasteiger partial charge in [-0.3, -0.25) is 57.5 Å². The molecule has 0 saturated heterocycles. The smallest absolute Gasteiger partial charge is 0.316 e. The van der Waals surface area contributed by atoms with Gasteiger partial charge in [0.05, 0.1) is 25.7 Å². The van der Waals surface area contributed by atoms with E-state index < -0.39 is 90.3 Å². The third kappa shape index (κ3) is 23.2. The van der Waals surface area contributed by atoms with Gasteiger partial charge in [0.1, 0.15) is 44.8 Å². The Balaban J connectivity index is -0.000000227.